The maximum Gasteiger partial charge on any atom is 0.252 e. The summed E-state index contributed by atoms with van der Waals surface area (Å²) in [5, 5.41) is 0. The highest BCUT2D eigenvalue weighted by molar-refractivity contribution is 7.00. The van der Waals surface area contributed by atoms with Crippen molar-refractivity contribution in [3.8, 4) is 11.1 Å². The lowest BCUT2D eigenvalue weighted by Crippen LogP contribution is -2.62. The molecule has 406 valence electrons. The van der Waals surface area contributed by atoms with Crippen molar-refractivity contribution in [3.63, 3.8) is 0 Å². The van der Waals surface area contributed by atoms with Crippen LogP contribution in [0.2, 0.25) is 0 Å². The number of aryl methyl sites for hydroxylation is 1. The largest absolute Gasteiger partial charge is 0.311 e. The van der Waals surface area contributed by atoms with Crippen LogP contribution in [0.4, 0.5) is 34.1 Å². The Kier molecular flexibility index (Phi) is 11.4. The van der Waals surface area contributed by atoms with Crippen molar-refractivity contribution < 1.29 is 0 Å². The lowest BCUT2D eigenvalue weighted by Gasteiger charge is -2.50. The molecular formula is C76H89BN2. The summed E-state index contributed by atoms with van der Waals surface area (Å²) in [6, 6.07) is 52.5. The number of nitrogens with zero attached hydrogens (tertiary/aromatic N) is 2. The van der Waals surface area contributed by atoms with E-state index in [4.69, 9.17) is 0 Å². The van der Waals surface area contributed by atoms with Crippen LogP contribution in [0.1, 0.15) is 224 Å². The molecule has 3 heteroatoms. The van der Waals surface area contributed by atoms with Gasteiger partial charge in [-0.05, 0) is 215 Å². The summed E-state index contributed by atoms with van der Waals surface area (Å²) in [6.07, 6.45) is 9.77. The van der Waals surface area contributed by atoms with Gasteiger partial charge in [-0.1, -0.05) is 202 Å². The fourth-order valence-corrected chi connectivity index (χ4v) is 16.8. The summed E-state index contributed by atoms with van der Waals surface area (Å²) in [5.41, 5.74) is 29.8. The Morgan fingerprint density at radius 1 is 0.443 bits per heavy atom. The summed E-state index contributed by atoms with van der Waals surface area (Å²) in [6.45, 7) is 41.9. The first kappa shape index (κ1) is 52.6. The van der Waals surface area contributed by atoms with Crippen molar-refractivity contribution in [1.82, 2.24) is 0 Å². The molecule has 1 fully saturated rings. The van der Waals surface area contributed by atoms with Crippen LogP contribution in [0.3, 0.4) is 0 Å². The van der Waals surface area contributed by atoms with Crippen LogP contribution < -0.4 is 26.2 Å². The van der Waals surface area contributed by atoms with Gasteiger partial charge in [0.1, 0.15) is 0 Å². The van der Waals surface area contributed by atoms with E-state index < -0.39 is 0 Å². The molecular weight excluding hydrogens is 952 g/mol. The SMILES string of the molecule is Cc1cc2c3c(c1)N(c1ccc(C(C)(C)C)cc1-c1ccccc1)c1cc(C4c5ccc(C(C)(C)C)cc5C5(C)CCCC[C@@]45C)ccc1B3c1cc3c(cc1N2c1ccc2c(c1)C(C)(C)CCC2(C)C)C(C)(C)CCC3(C)C. The van der Waals surface area contributed by atoms with Gasteiger partial charge in [-0.3, -0.25) is 0 Å². The molecule has 0 bridgehead atoms. The first-order valence-electron chi connectivity index (χ1n) is 30.6. The molecule has 79 heavy (non-hydrogen) atoms. The van der Waals surface area contributed by atoms with Gasteiger partial charge in [0.25, 0.3) is 6.71 Å². The van der Waals surface area contributed by atoms with E-state index in [9.17, 15) is 0 Å². The van der Waals surface area contributed by atoms with Crippen molar-refractivity contribution in [2.24, 2.45) is 5.41 Å². The zero-order chi connectivity index (χ0) is 55.9. The number of benzene rings is 7. The van der Waals surface area contributed by atoms with Crippen LogP contribution in [0.25, 0.3) is 11.1 Å². The highest BCUT2D eigenvalue weighted by Crippen LogP contribution is 2.67. The topological polar surface area (TPSA) is 6.48 Å². The van der Waals surface area contributed by atoms with E-state index in [1.807, 2.05) is 0 Å². The minimum absolute atomic E-state index is 0.0195. The fourth-order valence-electron chi connectivity index (χ4n) is 16.8. The summed E-state index contributed by atoms with van der Waals surface area (Å²) in [5.74, 6) is 0.266. The standard InChI is InChI=1S/C76H89BN2/c1-47-39-65-68-66(40-47)79(62-32-27-50(69(2,3)4)42-54(62)48-23-19-18-20-24-48)63-41-49(67-53-29-26-51(70(5,6)7)43-56(53)75(16)33-21-22-34-76(67,75)17)25-31-60(63)77(68)61-45-58-59(74(14,15)38-37-73(58,12)13)46-64(61)78(65)52-28-30-55-57(44-52)72(10,11)36-35-71(55,8)9/h18-20,23-32,39-46,67H,21-22,33-38H2,1-17H3/t67?,75?,76-/m0/s1. The Balaban J connectivity index is 1.14. The van der Waals surface area contributed by atoms with Crippen LogP contribution in [0.15, 0.2) is 127 Å². The molecule has 0 aromatic heterocycles. The van der Waals surface area contributed by atoms with E-state index in [0.717, 1.165) is 0 Å². The van der Waals surface area contributed by atoms with Gasteiger partial charge in [-0.15, -0.1) is 0 Å². The minimum atomic E-state index is -0.0300. The second-order valence-corrected chi connectivity index (χ2v) is 31.2. The maximum absolute atomic E-state index is 2.75. The molecule has 4 aliphatic carbocycles. The number of rotatable bonds is 4. The number of hydrogen-bond acceptors (Lipinski definition) is 2. The molecule has 2 heterocycles. The summed E-state index contributed by atoms with van der Waals surface area (Å²) in [7, 11) is 0. The summed E-state index contributed by atoms with van der Waals surface area (Å²) < 4.78 is 0. The lowest BCUT2D eigenvalue weighted by molar-refractivity contribution is 0.0923. The molecule has 0 amide bonds. The van der Waals surface area contributed by atoms with E-state index in [1.165, 1.54) is 158 Å². The molecule has 3 atom stereocenters. The lowest BCUT2D eigenvalue weighted by atomic mass is 9.33. The predicted octanol–water partition coefficient (Wildman–Crippen LogP) is 19.0. The van der Waals surface area contributed by atoms with Gasteiger partial charge in [0.05, 0.1) is 5.69 Å². The monoisotopic (exact) mass is 1040 g/mol. The van der Waals surface area contributed by atoms with E-state index in [-0.39, 0.29) is 56.0 Å². The third-order valence-electron chi connectivity index (χ3n) is 22.2. The maximum atomic E-state index is 2.75. The molecule has 0 radical (unpaired) electrons. The van der Waals surface area contributed by atoms with Crippen LogP contribution in [0.5, 0.6) is 0 Å². The highest BCUT2D eigenvalue weighted by atomic mass is 15.2. The molecule has 7 aromatic carbocycles. The fraction of sp³-hybridized carbons (Fsp3) is 0.447. The van der Waals surface area contributed by atoms with Gasteiger partial charge in [0.2, 0.25) is 0 Å². The van der Waals surface area contributed by atoms with Crippen LogP contribution in [0, 0.1) is 12.3 Å². The van der Waals surface area contributed by atoms with Gasteiger partial charge in [0, 0.05) is 39.9 Å². The van der Waals surface area contributed by atoms with Crippen molar-refractivity contribution >= 4 is 57.2 Å². The van der Waals surface area contributed by atoms with Gasteiger partial charge in [-0.2, -0.15) is 0 Å². The first-order chi connectivity index (χ1) is 37.0. The number of hydrogen-bond donors (Lipinski definition) is 0. The average molecular weight is 1040 g/mol. The Bertz CT molecular complexity index is 3670. The second kappa shape index (κ2) is 17.1. The summed E-state index contributed by atoms with van der Waals surface area (Å²) >= 11 is 0. The normalized spacial score (nSPS) is 23.7. The molecule has 6 aliphatic rings. The van der Waals surface area contributed by atoms with Crippen LogP contribution in [-0.2, 0) is 37.9 Å². The summed E-state index contributed by atoms with van der Waals surface area (Å²) in [4.78, 5) is 5.49. The molecule has 2 aliphatic heterocycles. The molecule has 1 saturated carbocycles. The van der Waals surface area contributed by atoms with Gasteiger partial charge >= 0.3 is 0 Å². The van der Waals surface area contributed by atoms with Crippen LogP contribution in [-0.4, -0.2) is 6.71 Å². The third-order valence-corrected chi connectivity index (χ3v) is 22.2. The predicted molar refractivity (Wildman–Crippen MR) is 341 cm³/mol. The first-order valence-corrected chi connectivity index (χ1v) is 30.6. The van der Waals surface area contributed by atoms with Crippen molar-refractivity contribution in [2.75, 3.05) is 9.80 Å². The Hall–Kier alpha value is -5.80. The van der Waals surface area contributed by atoms with Gasteiger partial charge < -0.3 is 9.80 Å². The molecule has 0 saturated heterocycles. The zero-order valence-corrected chi connectivity index (χ0v) is 51.3. The van der Waals surface area contributed by atoms with Crippen molar-refractivity contribution in [2.45, 2.75) is 213 Å². The Labute approximate surface area is 476 Å². The molecule has 2 nitrogen and oxygen atoms in total. The van der Waals surface area contributed by atoms with E-state index >= 15 is 0 Å². The third kappa shape index (κ3) is 7.76. The molecule has 0 N–H and O–H groups in total. The van der Waals surface area contributed by atoms with Crippen molar-refractivity contribution in [3.05, 3.63) is 183 Å². The number of fused-ring (bicyclic) bond motifs is 9. The number of anilines is 6. The smallest absolute Gasteiger partial charge is 0.252 e. The van der Waals surface area contributed by atoms with E-state index in [2.05, 4.69) is 255 Å². The minimum Gasteiger partial charge on any atom is -0.311 e. The van der Waals surface area contributed by atoms with Gasteiger partial charge in [0.15, 0.2) is 0 Å². The van der Waals surface area contributed by atoms with Gasteiger partial charge in [-0.25, -0.2) is 0 Å². The molecule has 0 spiro atoms. The van der Waals surface area contributed by atoms with E-state index in [0.29, 0.717) is 0 Å². The van der Waals surface area contributed by atoms with E-state index in [1.54, 1.807) is 11.1 Å². The average Bonchev–Trinajstić information content (AvgIpc) is 3.45. The molecule has 7 aromatic rings. The van der Waals surface area contributed by atoms with Crippen molar-refractivity contribution in [1.29, 1.82) is 0 Å². The molecule has 2 unspecified atom stereocenters. The van der Waals surface area contributed by atoms with Crippen LogP contribution >= 0.6 is 0 Å². The quantitative estimate of drug-likeness (QED) is 0.162. The highest BCUT2D eigenvalue weighted by Gasteiger charge is 2.59. The molecule has 13 rings (SSSR count). The second-order valence-electron chi connectivity index (χ2n) is 31.2. The Morgan fingerprint density at radius 3 is 1.67 bits per heavy atom. The Morgan fingerprint density at radius 2 is 1.01 bits per heavy atom. The zero-order valence-electron chi connectivity index (χ0n) is 51.3.